The third-order valence-electron chi connectivity index (χ3n) is 4.19. The molecule has 15 heavy (non-hydrogen) atoms. The van der Waals surface area contributed by atoms with E-state index in [2.05, 4.69) is 37.8 Å². The van der Waals surface area contributed by atoms with Crippen LogP contribution in [-0.4, -0.2) is 32.6 Å². The van der Waals surface area contributed by atoms with Gasteiger partial charge in [-0.25, -0.2) is 0 Å². The van der Waals surface area contributed by atoms with E-state index in [1.165, 1.54) is 50.2 Å². The first-order valence-electron chi connectivity index (χ1n) is 6.60. The molecule has 1 heterocycles. The Kier molecular flexibility index (Phi) is 5.62. The first-order valence-corrected chi connectivity index (χ1v) is 9.42. The number of rotatable bonds is 7. The van der Waals surface area contributed by atoms with Crippen molar-refractivity contribution in [2.45, 2.75) is 51.4 Å². The molecule has 1 fully saturated rings. The molecule has 0 aromatic heterocycles. The van der Waals surface area contributed by atoms with Crippen LogP contribution in [0.1, 0.15) is 27.2 Å². The van der Waals surface area contributed by atoms with Crippen molar-refractivity contribution in [2.24, 2.45) is 0 Å². The number of hydrogen-bond donors (Lipinski definition) is 0. The van der Waals surface area contributed by atoms with E-state index >= 15 is 0 Å². The summed E-state index contributed by atoms with van der Waals surface area (Å²) >= 11 is 0. The zero-order chi connectivity index (χ0) is 11.1. The Bertz CT molecular complexity index is 193. The van der Waals surface area contributed by atoms with E-state index in [4.69, 9.17) is 0 Å². The lowest BCUT2D eigenvalue weighted by Crippen LogP contribution is -2.42. The zero-order valence-corrected chi connectivity index (χ0v) is 11.8. The Balaban J connectivity index is 2.38. The molecule has 0 saturated carbocycles. The van der Waals surface area contributed by atoms with E-state index in [9.17, 15) is 0 Å². The summed E-state index contributed by atoms with van der Waals surface area (Å²) in [6.07, 6.45) is 6.08. The molecule has 0 aromatic rings. The molecule has 1 rings (SSSR count). The van der Waals surface area contributed by atoms with Gasteiger partial charge in [-0.3, -0.25) is 0 Å². The summed E-state index contributed by atoms with van der Waals surface area (Å²) in [4.78, 5) is 2.63. The molecular weight excluding hydrogens is 198 g/mol. The standard InChI is InChI=1S/C13H27NSi/c1-4-7-12-15(5-2,6-3)13-11-14-9-8-10-14/h4,7H,5-6,8-13H2,1-3H3. The molecule has 1 nitrogen and oxygen atoms in total. The van der Waals surface area contributed by atoms with Gasteiger partial charge in [-0.15, -0.1) is 0 Å². The van der Waals surface area contributed by atoms with Crippen molar-refractivity contribution in [3.05, 3.63) is 12.2 Å². The van der Waals surface area contributed by atoms with Crippen molar-refractivity contribution < 1.29 is 0 Å². The van der Waals surface area contributed by atoms with E-state index in [-0.39, 0.29) is 0 Å². The second-order valence-corrected chi connectivity index (χ2v) is 10.2. The van der Waals surface area contributed by atoms with Crippen molar-refractivity contribution >= 4 is 8.07 Å². The second kappa shape index (κ2) is 6.49. The molecule has 88 valence electrons. The van der Waals surface area contributed by atoms with Crippen LogP contribution in [0.5, 0.6) is 0 Å². The average Bonchev–Trinajstić information content (AvgIpc) is 2.21. The highest BCUT2D eigenvalue weighted by Crippen LogP contribution is 2.27. The summed E-state index contributed by atoms with van der Waals surface area (Å²) < 4.78 is 0. The van der Waals surface area contributed by atoms with Crippen LogP contribution in [0.15, 0.2) is 12.2 Å². The van der Waals surface area contributed by atoms with Gasteiger partial charge in [0.2, 0.25) is 0 Å². The predicted molar refractivity (Wildman–Crippen MR) is 72.2 cm³/mol. The normalized spacial score (nSPS) is 18.3. The van der Waals surface area contributed by atoms with Gasteiger partial charge < -0.3 is 4.90 Å². The summed E-state index contributed by atoms with van der Waals surface area (Å²) in [6, 6.07) is 5.85. The molecule has 0 radical (unpaired) electrons. The second-order valence-electron chi connectivity index (χ2n) is 4.93. The fraction of sp³-hybridized carbons (Fsp3) is 0.846. The third-order valence-corrected chi connectivity index (χ3v) is 9.58. The maximum Gasteiger partial charge on any atom is 0.0580 e. The molecule has 0 aliphatic carbocycles. The van der Waals surface area contributed by atoms with Gasteiger partial charge in [-0.2, -0.15) is 0 Å². The van der Waals surface area contributed by atoms with Crippen LogP contribution in [-0.2, 0) is 0 Å². The van der Waals surface area contributed by atoms with Crippen molar-refractivity contribution in [3.63, 3.8) is 0 Å². The van der Waals surface area contributed by atoms with Gasteiger partial charge in [0.25, 0.3) is 0 Å². The van der Waals surface area contributed by atoms with Gasteiger partial charge in [-0.05, 0) is 45.1 Å². The predicted octanol–water partition coefficient (Wildman–Crippen LogP) is 3.76. The molecule has 0 amide bonds. The minimum Gasteiger partial charge on any atom is -0.304 e. The van der Waals surface area contributed by atoms with Crippen LogP contribution in [0.4, 0.5) is 0 Å². The van der Waals surface area contributed by atoms with Gasteiger partial charge >= 0.3 is 0 Å². The lowest BCUT2D eigenvalue weighted by Gasteiger charge is -2.36. The van der Waals surface area contributed by atoms with Crippen molar-refractivity contribution in [3.8, 4) is 0 Å². The molecule has 2 heteroatoms. The lowest BCUT2D eigenvalue weighted by molar-refractivity contribution is 0.191. The fourth-order valence-corrected chi connectivity index (χ4v) is 5.88. The van der Waals surface area contributed by atoms with E-state index in [0.717, 1.165) is 0 Å². The quantitative estimate of drug-likeness (QED) is 0.471. The highest BCUT2D eigenvalue weighted by molar-refractivity contribution is 6.80. The van der Waals surface area contributed by atoms with Crippen molar-refractivity contribution in [1.82, 2.24) is 4.90 Å². The van der Waals surface area contributed by atoms with Gasteiger partial charge in [0.15, 0.2) is 0 Å². The maximum atomic E-state index is 2.63. The van der Waals surface area contributed by atoms with E-state index < -0.39 is 8.07 Å². The number of allylic oxidation sites excluding steroid dienone is 2. The van der Waals surface area contributed by atoms with Crippen molar-refractivity contribution in [2.75, 3.05) is 19.6 Å². The van der Waals surface area contributed by atoms with Gasteiger partial charge in [-0.1, -0.05) is 38.1 Å². The molecule has 0 bridgehead atoms. The summed E-state index contributed by atoms with van der Waals surface area (Å²) in [7, 11) is -0.938. The summed E-state index contributed by atoms with van der Waals surface area (Å²) in [6.45, 7) is 11.1. The van der Waals surface area contributed by atoms with Gasteiger partial charge in [0, 0.05) is 0 Å². The lowest BCUT2D eigenvalue weighted by atomic mass is 10.2. The molecule has 1 saturated heterocycles. The maximum absolute atomic E-state index is 2.63. The Hall–Kier alpha value is -0.0831. The Morgan fingerprint density at radius 3 is 2.27 bits per heavy atom. The Labute approximate surface area is 96.6 Å². The van der Waals surface area contributed by atoms with Crippen LogP contribution >= 0.6 is 0 Å². The van der Waals surface area contributed by atoms with Gasteiger partial charge in [0.1, 0.15) is 0 Å². The largest absolute Gasteiger partial charge is 0.304 e. The Morgan fingerprint density at radius 1 is 1.20 bits per heavy atom. The monoisotopic (exact) mass is 225 g/mol. The summed E-state index contributed by atoms with van der Waals surface area (Å²) in [5.74, 6) is 0. The molecular formula is C13H27NSi. The van der Waals surface area contributed by atoms with Gasteiger partial charge in [0.05, 0.1) is 8.07 Å². The van der Waals surface area contributed by atoms with Crippen LogP contribution < -0.4 is 0 Å². The van der Waals surface area contributed by atoms with E-state index in [0.29, 0.717) is 0 Å². The van der Waals surface area contributed by atoms with Crippen LogP contribution in [0.3, 0.4) is 0 Å². The minimum atomic E-state index is -0.938. The molecule has 0 aromatic carbocycles. The highest BCUT2D eigenvalue weighted by atomic mass is 28.3. The minimum absolute atomic E-state index is 0.938. The molecule has 1 aliphatic rings. The SMILES string of the molecule is CC=CC[Si](CC)(CC)CCN1CCC1. The van der Waals surface area contributed by atoms with E-state index in [1.807, 2.05) is 0 Å². The van der Waals surface area contributed by atoms with Crippen molar-refractivity contribution in [1.29, 1.82) is 0 Å². The average molecular weight is 225 g/mol. The first-order chi connectivity index (χ1) is 7.26. The molecule has 0 N–H and O–H groups in total. The third kappa shape index (κ3) is 3.76. The smallest absolute Gasteiger partial charge is 0.0580 e. The Morgan fingerprint density at radius 2 is 1.87 bits per heavy atom. The summed E-state index contributed by atoms with van der Waals surface area (Å²) in [5.41, 5.74) is 0. The summed E-state index contributed by atoms with van der Waals surface area (Å²) in [5, 5.41) is 0. The number of nitrogens with zero attached hydrogens (tertiary/aromatic N) is 1. The molecule has 0 unspecified atom stereocenters. The molecule has 1 aliphatic heterocycles. The number of likely N-dealkylation sites (tertiary alicyclic amines) is 1. The zero-order valence-electron chi connectivity index (χ0n) is 10.8. The number of hydrogen-bond acceptors (Lipinski definition) is 1. The topological polar surface area (TPSA) is 3.24 Å². The highest BCUT2D eigenvalue weighted by Gasteiger charge is 2.28. The van der Waals surface area contributed by atoms with E-state index in [1.54, 1.807) is 0 Å². The van der Waals surface area contributed by atoms with Crippen LogP contribution in [0.25, 0.3) is 0 Å². The molecule has 0 atom stereocenters. The van der Waals surface area contributed by atoms with Crippen LogP contribution in [0.2, 0.25) is 24.2 Å². The van der Waals surface area contributed by atoms with Crippen LogP contribution in [0, 0.1) is 0 Å². The molecule has 0 spiro atoms. The first kappa shape index (κ1) is 13.0. The fourth-order valence-electron chi connectivity index (χ4n) is 2.36.